The zero-order valence-electron chi connectivity index (χ0n) is 9.04. The van der Waals surface area contributed by atoms with Gasteiger partial charge in [0.05, 0.1) is 12.7 Å². The summed E-state index contributed by atoms with van der Waals surface area (Å²) in [6.45, 7) is 1.94. The number of carbonyl (C=O) groups excluding carboxylic acids is 1. The van der Waals surface area contributed by atoms with Crippen molar-refractivity contribution < 1.29 is 9.53 Å². The Morgan fingerprint density at radius 1 is 1.47 bits per heavy atom. The van der Waals surface area contributed by atoms with E-state index in [0.29, 0.717) is 11.6 Å². The highest BCUT2D eigenvalue weighted by Gasteiger charge is 2.22. The van der Waals surface area contributed by atoms with Gasteiger partial charge in [0.1, 0.15) is 0 Å². The van der Waals surface area contributed by atoms with Gasteiger partial charge in [0.2, 0.25) is 0 Å². The van der Waals surface area contributed by atoms with Crippen molar-refractivity contribution in [1.82, 2.24) is 0 Å². The van der Waals surface area contributed by atoms with Crippen LogP contribution in [0.25, 0.3) is 0 Å². The highest BCUT2D eigenvalue weighted by atomic mass is 16.5. The third-order valence-electron chi connectivity index (χ3n) is 2.68. The Kier molecular flexibility index (Phi) is 2.62. The summed E-state index contributed by atoms with van der Waals surface area (Å²) < 4.78 is 4.73. The first-order valence-corrected chi connectivity index (χ1v) is 5.17. The first kappa shape index (κ1) is 10.0. The van der Waals surface area contributed by atoms with Gasteiger partial charge in [0, 0.05) is 11.7 Å². The number of ether oxygens (including phenoxy) is 1. The minimum absolute atomic E-state index is 0.271. The fourth-order valence-corrected chi connectivity index (χ4v) is 1.57. The molecule has 1 aliphatic carbocycles. The highest BCUT2D eigenvalue weighted by Crippen LogP contribution is 2.27. The number of anilines is 1. The Morgan fingerprint density at radius 3 is 2.80 bits per heavy atom. The van der Waals surface area contributed by atoms with Crippen LogP contribution in [0.1, 0.15) is 28.8 Å². The van der Waals surface area contributed by atoms with Crippen LogP contribution in [-0.4, -0.2) is 19.1 Å². The number of benzene rings is 1. The fraction of sp³-hybridized carbons (Fsp3) is 0.417. The normalized spacial score (nSPS) is 14.8. The minimum atomic E-state index is -0.271. The molecule has 1 N–H and O–H groups in total. The molecule has 1 fully saturated rings. The Morgan fingerprint density at radius 2 is 2.20 bits per heavy atom. The van der Waals surface area contributed by atoms with Gasteiger partial charge in [-0.2, -0.15) is 0 Å². The number of hydrogen-bond donors (Lipinski definition) is 1. The Bertz CT molecular complexity index is 383. The summed E-state index contributed by atoms with van der Waals surface area (Å²) in [5, 5.41) is 3.40. The maximum Gasteiger partial charge on any atom is 0.338 e. The Labute approximate surface area is 89.4 Å². The maximum absolute atomic E-state index is 11.4. The molecule has 15 heavy (non-hydrogen) atoms. The van der Waals surface area contributed by atoms with Crippen LogP contribution in [0.4, 0.5) is 5.69 Å². The molecule has 0 heterocycles. The molecule has 1 aromatic carbocycles. The average Bonchev–Trinajstić information content (AvgIpc) is 3.04. The van der Waals surface area contributed by atoms with E-state index in [4.69, 9.17) is 4.74 Å². The second-order valence-electron chi connectivity index (χ2n) is 3.89. The molecule has 80 valence electrons. The summed E-state index contributed by atoms with van der Waals surface area (Å²) in [4.78, 5) is 11.4. The van der Waals surface area contributed by atoms with Crippen LogP contribution in [0.2, 0.25) is 0 Å². The van der Waals surface area contributed by atoms with Gasteiger partial charge in [-0.3, -0.25) is 0 Å². The van der Waals surface area contributed by atoms with Gasteiger partial charge in [-0.1, -0.05) is 6.07 Å². The maximum atomic E-state index is 11.4. The van der Waals surface area contributed by atoms with Crippen molar-refractivity contribution in [3.63, 3.8) is 0 Å². The van der Waals surface area contributed by atoms with Gasteiger partial charge in [0.25, 0.3) is 0 Å². The number of methoxy groups -OCH3 is 1. The van der Waals surface area contributed by atoms with Crippen LogP contribution in [0.3, 0.4) is 0 Å². The summed E-state index contributed by atoms with van der Waals surface area (Å²) in [5.41, 5.74) is 2.65. The average molecular weight is 205 g/mol. The molecule has 0 spiro atoms. The molecule has 0 aliphatic heterocycles. The van der Waals surface area contributed by atoms with E-state index in [1.807, 2.05) is 19.1 Å². The van der Waals surface area contributed by atoms with Crippen molar-refractivity contribution in [3.8, 4) is 0 Å². The number of nitrogens with one attached hydrogen (secondary N) is 1. The first-order valence-electron chi connectivity index (χ1n) is 5.17. The summed E-state index contributed by atoms with van der Waals surface area (Å²) >= 11 is 0. The third-order valence-corrected chi connectivity index (χ3v) is 2.68. The quantitative estimate of drug-likeness (QED) is 0.770. The first-order chi connectivity index (χ1) is 7.22. The second-order valence-corrected chi connectivity index (χ2v) is 3.89. The number of rotatable bonds is 3. The van der Waals surface area contributed by atoms with E-state index in [9.17, 15) is 4.79 Å². The smallest absolute Gasteiger partial charge is 0.338 e. The predicted molar refractivity (Wildman–Crippen MR) is 59.2 cm³/mol. The van der Waals surface area contributed by atoms with Gasteiger partial charge in [-0.05, 0) is 37.5 Å². The van der Waals surface area contributed by atoms with Crippen molar-refractivity contribution in [1.29, 1.82) is 0 Å². The van der Waals surface area contributed by atoms with E-state index < -0.39 is 0 Å². The molecule has 0 saturated heterocycles. The van der Waals surface area contributed by atoms with Crippen LogP contribution >= 0.6 is 0 Å². The Balaban J connectivity index is 2.27. The Hall–Kier alpha value is -1.51. The van der Waals surface area contributed by atoms with E-state index in [1.54, 1.807) is 6.07 Å². The van der Waals surface area contributed by atoms with E-state index in [0.717, 1.165) is 11.3 Å². The number of esters is 1. The third kappa shape index (κ3) is 2.12. The van der Waals surface area contributed by atoms with Crippen molar-refractivity contribution in [2.75, 3.05) is 12.4 Å². The van der Waals surface area contributed by atoms with Crippen LogP contribution in [0.15, 0.2) is 18.2 Å². The van der Waals surface area contributed by atoms with Crippen LogP contribution in [0, 0.1) is 6.92 Å². The summed E-state index contributed by atoms with van der Waals surface area (Å²) in [6.07, 6.45) is 2.45. The predicted octanol–water partition coefficient (Wildman–Crippen LogP) is 2.36. The van der Waals surface area contributed by atoms with Crippen molar-refractivity contribution in [2.45, 2.75) is 25.8 Å². The molecule has 0 amide bonds. The van der Waals surface area contributed by atoms with Crippen LogP contribution in [0.5, 0.6) is 0 Å². The molecule has 1 saturated carbocycles. The van der Waals surface area contributed by atoms with Gasteiger partial charge in [0.15, 0.2) is 0 Å². The van der Waals surface area contributed by atoms with Gasteiger partial charge in [-0.15, -0.1) is 0 Å². The van der Waals surface area contributed by atoms with Gasteiger partial charge < -0.3 is 10.1 Å². The van der Waals surface area contributed by atoms with Crippen molar-refractivity contribution in [3.05, 3.63) is 29.3 Å². The lowest BCUT2D eigenvalue weighted by molar-refractivity contribution is 0.0600. The molecule has 0 bridgehead atoms. The largest absolute Gasteiger partial charge is 0.465 e. The zero-order chi connectivity index (χ0) is 10.8. The van der Waals surface area contributed by atoms with E-state index in [2.05, 4.69) is 5.32 Å². The fourth-order valence-electron chi connectivity index (χ4n) is 1.57. The molecule has 0 aromatic heterocycles. The monoisotopic (exact) mass is 205 g/mol. The van der Waals surface area contributed by atoms with E-state index in [1.165, 1.54) is 20.0 Å². The second kappa shape index (κ2) is 3.93. The summed E-state index contributed by atoms with van der Waals surface area (Å²) in [5.74, 6) is -0.271. The molecule has 0 atom stereocenters. The summed E-state index contributed by atoms with van der Waals surface area (Å²) in [7, 11) is 1.41. The molecule has 1 aliphatic rings. The molecular formula is C12H15NO2. The lowest BCUT2D eigenvalue weighted by Crippen LogP contribution is -2.08. The SMILES string of the molecule is COC(=O)c1cccc(NC2CC2)c1C. The zero-order valence-corrected chi connectivity index (χ0v) is 9.04. The lowest BCUT2D eigenvalue weighted by Gasteiger charge is -2.11. The van der Waals surface area contributed by atoms with E-state index in [-0.39, 0.29) is 5.97 Å². The molecule has 0 radical (unpaired) electrons. The molecule has 1 aromatic rings. The lowest BCUT2D eigenvalue weighted by atomic mass is 10.1. The van der Waals surface area contributed by atoms with Crippen molar-refractivity contribution in [2.24, 2.45) is 0 Å². The molecular weight excluding hydrogens is 190 g/mol. The number of hydrogen-bond acceptors (Lipinski definition) is 3. The van der Waals surface area contributed by atoms with Crippen LogP contribution < -0.4 is 5.32 Å². The molecule has 2 rings (SSSR count). The highest BCUT2D eigenvalue weighted by molar-refractivity contribution is 5.92. The van der Waals surface area contributed by atoms with Gasteiger partial charge >= 0.3 is 5.97 Å². The topological polar surface area (TPSA) is 38.3 Å². The number of carbonyl (C=O) groups is 1. The molecule has 3 nitrogen and oxygen atoms in total. The van der Waals surface area contributed by atoms with Gasteiger partial charge in [-0.25, -0.2) is 4.79 Å². The summed E-state index contributed by atoms with van der Waals surface area (Å²) in [6, 6.07) is 6.26. The van der Waals surface area contributed by atoms with E-state index >= 15 is 0 Å². The van der Waals surface area contributed by atoms with Crippen molar-refractivity contribution >= 4 is 11.7 Å². The van der Waals surface area contributed by atoms with Crippen LogP contribution in [-0.2, 0) is 4.74 Å². The minimum Gasteiger partial charge on any atom is -0.465 e. The molecule has 3 heteroatoms. The standard InChI is InChI=1S/C12H15NO2/c1-8-10(12(14)15-2)4-3-5-11(8)13-9-6-7-9/h3-5,9,13H,6-7H2,1-2H3. The molecule has 0 unspecified atom stereocenters.